The minimum atomic E-state index is -0.115. The quantitative estimate of drug-likeness (QED) is 0.681. The molecule has 1 saturated heterocycles. The van der Waals surface area contributed by atoms with Crippen molar-refractivity contribution in [1.29, 1.82) is 0 Å². The zero-order chi connectivity index (χ0) is 19.2. The van der Waals surface area contributed by atoms with E-state index in [1.54, 1.807) is 0 Å². The molecule has 1 aliphatic heterocycles. The molecule has 2 aromatic carbocycles. The molecule has 0 aliphatic carbocycles. The minimum Gasteiger partial charge on any atom is -0.457 e. The van der Waals surface area contributed by atoms with Gasteiger partial charge in [-0.3, -0.25) is 9.59 Å². The summed E-state index contributed by atoms with van der Waals surface area (Å²) < 4.78 is 5.78. The lowest BCUT2D eigenvalue weighted by atomic mass is 9.89. The van der Waals surface area contributed by atoms with Crippen molar-refractivity contribution in [2.24, 2.45) is 11.8 Å². The number of Topliss-reactive ketones (excluding diaryl/α,β-unsaturated/α-hetero) is 1. The number of rotatable bonds is 6. The van der Waals surface area contributed by atoms with Crippen LogP contribution in [0.2, 0.25) is 0 Å². The first-order valence-corrected chi connectivity index (χ1v) is 9.68. The number of piperidine rings is 1. The molecule has 1 fully saturated rings. The van der Waals surface area contributed by atoms with Gasteiger partial charge in [-0.05, 0) is 55.2 Å². The molecule has 1 atom stereocenters. The Balaban J connectivity index is 1.62. The van der Waals surface area contributed by atoms with Gasteiger partial charge in [-0.15, -0.1) is 0 Å². The standard InChI is InChI=1S/C23H27NO3/c1-17(2)15-22(25)24-14-6-7-19(16-24)23(26)18-10-12-21(13-11-18)27-20-8-4-3-5-9-20/h3-5,8-13,17,19H,6-7,14-16H2,1-2H3/t19-/m0/s1. The Morgan fingerprint density at radius 1 is 1.04 bits per heavy atom. The largest absolute Gasteiger partial charge is 0.457 e. The molecule has 0 N–H and O–H groups in total. The molecule has 0 aromatic heterocycles. The fourth-order valence-corrected chi connectivity index (χ4v) is 3.44. The SMILES string of the molecule is CC(C)CC(=O)N1CCC[C@H](C(=O)c2ccc(Oc3ccccc3)cc2)C1. The van der Waals surface area contributed by atoms with Crippen molar-refractivity contribution in [2.45, 2.75) is 33.1 Å². The van der Waals surface area contributed by atoms with Crippen LogP contribution in [0.3, 0.4) is 0 Å². The Morgan fingerprint density at radius 2 is 1.70 bits per heavy atom. The second kappa shape index (κ2) is 8.85. The highest BCUT2D eigenvalue weighted by molar-refractivity contribution is 5.98. The summed E-state index contributed by atoms with van der Waals surface area (Å²) in [4.78, 5) is 27.1. The molecule has 0 saturated carbocycles. The van der Waals surface area contributed by atoms with E-state index in [4.69, 9.17) is 4.74 Å². The van der Waals surface area contributed by atoms with Crippen molar-refractivity contribution in [3.05, 3.63) is 60.2 Å². The number of carbonyl (C=O) groups excluding carboxylic acids is 2. The van der Waals surface area contributed by atoms with E-state index in [1.807, 2.05) is 73.3 Å². The highest BCUT2D eigenvalue weighted by atomic mass is 16.5. The van der Waals surface area contributed by atoms with Gasteiger partial charge < -0.3 is 9.64 Å². The van der Waals surface area contributed by atoms with E-state index in [-0.39, 0.29) is 17.6 Å². The van der Waals surface area contributed by atoms with Gasteiger partial charge in [0.1, 0.15) is 11.5 Å². The smallest absolute Gasteiger partial charge is 0.222 e. The third-order valence-corrected chi connectivity index (χ3v) is 4.85. The monoisotopic (exact) mass is 365 g/mol. The van der Waals surface area contributed by atoms with Crippen LogP contribution in [0, 0.1) is 11.8 Å². The number of likely N-dealkylation sites (tertiary alicyclic amines) is 1. The van der Waals surface area contributed by atoms with Crippen LogP contribution in [0.25, 0.3) is 0 Å². The fraction of sp³-hybridized carbons (Fsp3) is 0.391. The van der Waals surface area contributed by atoms with Gasteiger partial charge in [0, 0.05) is 31.0 Å². The minimum absolute atomic E-state index is 0.114. The van der Waals surface area contributed by atoms with E-state index in [9.17, 15) is 9.59 Å². The maximum Gasteiger partial charge on any atom is 0.222 e. The van der Waals surface area contributed by atoms with Crippen LogP contribution in [-0.4, -0.2) is 29.7 Å². The number of hydrogen-bond acceptors (Lipinski definition) is 3. The van der Waals surface area contributed by atoms with E-state index in [0.717, 1.165) is 25.1 Å². The summed E-state index contributed by atoms with van der Waals surface area (Å²) in [6.45, 7) is 5.39. The second-order valence-electron chi connectivity index (χ2n) is 7.58. The average Bonchev–Trinajstić information content (AvgIpc) is 2.68. The number of carbonyl (C=O) groups is 2. The predicted molar refractivity (Wildman–Crippen MR) is 106 cm³/mol. The normalized spacial score (nSPS) is 17.0. The van der Waals surface area contributed by atoms with Crippen LogP contribution in [0.4, 0.5) is 0 Å². The molecule has 3 rings (SSSR count). The van der Waals surface area contributed by atoms with Gasteiger partial charge in [0.2, 0.25) is 5.91 Å². The number of hydrogen-bond donors (Lipinski definition) is 0. The molecule has 142 valence electrons. The average molecular weight is 365 g/mol. The molecular formula is C23H27NO3. The fourth-order valence-electron chi connectivity index (χ4n) is 3.44. The molecule has 4 heteroatoms. The summed E-state index contributed by atoms with van der Waals surface area (Å²) in [6, 6.07) is 16.8. The van der Waals surface area contributed by atoms with E-state index in [2.05, 4.69) is 0 Å². The molecule has 27 heavy (non-hydrogen) atoms. The summed E-state index contributed by atoms with van der Waals surface area (Å²) in [5, 5.41) is 0. The van der Waals surface area contributed by atoms with E-state index >= 15 is 0 Å². The second-order valence-corrected chi connectivity index (χ2v) is 7.58. The lowest BCUT2D eigenvalue weighted by molar-refractivity contribution is -0.133. The maximum absolute atomic E-state index is 12.9. The van der Waals surface area contributed by atoms with Crippen molar-refractivity contribution in [1.82, 2.24) is 4.90 Å². The third kappa shape index (κ3) is 5.19. The van der Waals surface area contributed by atoms with Gasteiger partial charge in [0.15, 0.2) is 5.78 Å². The van der Waals surface area contributed by atoms with Crippen LogP contribution in [-0.2, 0) is 4.79 Å². The van der Waals surface area contributed by atoms with Crippen LogP contribution in [0.5, 0.6) is 11.5 Å². The molecule has 1 amide bonds. The molecule has 0 unspecified atom stereocenters. The van der Waals surface area contributed by atoms with Crippen LogP contribution in [0.15, 0.2) is 54.6 Å². The zero-order valence-electron chi connectivity index (χ0n) is 16.1. The predicted octanol–water partition coefficient (Wildman–Crippen LogP) is 4.95. The molecule has 1 aliphatic rings. The first-order valence-electron chi connectivity index (χ1n) is 9.68. The van der Waals surface area contributed by atoms with Crippen molar-refractivity contribution >= 4 is 11.7 Å². The number of amides is 1. The number of nitrogens with zero attached hydrogens (tertiary/aromatic N) is 1. The lowest BCUT2D eigenvalue weighted by Crippen LogP contribution is -2.42. The van der Waals surface area contributed by atoms with Gasteiger partial charge in [0.25, 0.3) is 0 Å². The van der Waals surface area contributed by atoms with E-state index in [0.29, 0.717) is 30.2 Å². The summed E-state index contributed by atoms with van der Waals surface area (Å²) in [5.41, 5.74) is 0.679. The molecule has 4 nitrogen and oxygen atoms in total. The first kappa shape index (κ1) is 19.2. The van der Waals surface area contributed by atoms with Crippen molar-refractivity contribution in [3.63, 3.8) is 0 Å². The van der Waals surface area contributed by atoms with Gasteiger partial charge in [0.05, 0.1) is 0 Å². The maximum atomic E-state index is 12.9. The molecule has 1 heterocycles. The molecule has 2 aromatic rings. The van der Waals surface area contributed by atoms with Gasteiger partial charge >= 0.3 is 0 Å². The topological polar surface area (TPSA) is 46.6 Å². The molecule has 0 radical (unpaired) electrons. The van der Waals surface area contributed by atoms with Crippen molar-refractivity contribution < 1.29 is 14.3 Å². The Hall–Kier alpha value is -2.62. The Labute approximate surface area is 161 Å². The summed E-state index contributed by atoms with van der Waals surface area (Å²) in [5.74, 6) is 1.97. The third-order valence-electron chi connectivity index (χ3n) is 4.85. The summed E-state index contributed by atoms with van der Waals surface area (Å²) in [6.07, 6.45) is 2.27. The number of para-hydroxylation sites is 1. The van der Waals surface area contributed by atoms with Crippen LogP contribution < -0.4 is 4.74 Å². The van der Waals surface area contributed by atoms with Crippen molar-refractivity contribution in [3.8, 4) is 11.5 Å². The lowest BCUT2D eigenvalue weighted by Gasteiger charge is -2.32. The highest BCUT2D eigenvalue weighted by Crippen LogP contribution is 2.25. The first-order chi connectivity index (χ1) is 13.0. The molecule has 0 bridgehead atoms. The Kier molecular flexibility index (Phi) is 6.28. The van der Waals surface area contributed by atoms with Crippen LogP contribution >= 0.6 is 0 Å². The summed E-state index contributed by atoms with van der Waals surface area (Å²) in [7, 11) is 0. The van der Waals surface area contributed by atoms with E-state index < -0.39 is 0 Å². The van der Waals surface area contributed by atoms with Gasteiger partial charge in [-0.1, -0.05) is 32.0 Å². The number of ketones is 1. The summed E-state index contributed by atoms with van der Waals surface area (Å²) >= 11 is 0. The van der Waals surface area contributed by atoms with E-state index in [1.165, 1.54) is 0 Å². The molecular weight excluding hydrogens is 338 g/mol. The molecule has 0 spiro atoms. The number of benzene rings is 2. The highest BCUT2D eigenvalue weighted by Gasteiger charge is 2.29. The zero-order valence-corrected chi connectivity index (χ0v) is 16.1. The number of ether oxygens (including phenoxy) is 1. The van der Waals surface area contributed by atoms with Gasteiger partial charge in [-0.25, -0.2) is 0 Å². The van der Waals surface area contributed by atoms with Crippen LogP contribution in [0.1, 0.15) is 43.5 Å². The van der Waals surface area contributed by atoms with Crippen molar-refractivity contribution in [2.75, 3.05) is 13.1 Å². The Bertz CT molecular complexity index is 768. The Morgan fingerprint density at radius 3 is 2.37 bits per heavy atom. The van der Waals surface area contributed by atoms with Gasteiger partial charge in [-0.2, -0.15) is 0 Å².